The molecular formula is C39H49ClFN5O9S. The van der Waals surface area contributed by atoms with Gasteiger partial charge >= 0.3 is 12.2 Å². The van der Waals surface area contributed by atoms with Crippen LogP contribution in [0.3, 0.4) is 0 Å². The van der Waals surface area contributed by atoms with E-state index in [0.717, 1.165) is 25.7 Å². The van der Waals surface area contributed by atoms with Crippen LogP contribution in [0.2, 0.25) is 5.02 Å². The van der Waals surface area contributed by atoms with Gasteiger partial charge in [0.25, 0.3) is 5.91 Å². The molecule has 0 spiro atoms. The van der Waals surface area contributed by atoms with Crippen LogP contribution in [0, 0.1) is 11.7 Å². The number of rotatable bonds is 6. The van der Waals surface area contributed by atoms with Crippen molar-refractivity contribution in [3.63, 3.8) is 0 Å². The van der Waals surface area contributed by atoms with Gasteiger partial charge in [0.1, 0.15) is 35.1 Å². The first-order valence-electron chi connectivity index (χ1n) is 19.1. The van der Waals surface area contributed by atoms with Crippen molar-refractivity contribution < 1.29 is 46.3 Å². The smallest absolute Gasteiger partial charge is 0.410 e. The molecule has 2 saturated heterocycles. The number of hydrogen-bond acceptors (Lipinski definition) is 9. The van der Waals surface area contributed by atoms with Gasteiger partial charge in [0.15, 0.2) is 0 Å². The first-order chi connectivity index (χ1) is 26.4. The number of alkyl carbamates (subject to hydrolysis) is 1. The van der Waals surface area contributed by atoms with Crippen LogP contribution in [0.15, 0.2) is 42.5 Å². The fourth-order valence-corrected chi connectivity index (χ4v) is 9.11. The molecule has 14 nitrogen and oxygen atoms in total. The van der Waals surface area contributed by atoms with Crippen LogP contribution in [-0.4, -0.2) is 84.0 Å². The van der Waals surface area contributed by atoms with Crippen LogP contribution in [0.1, 0.15) is 95.2 Å². The first kappa shape index (κ1) is 41.2. The number of sulfonamides is 1. The molecule has 0 aromatic heterocycles. The Bertz CT molecular complexity index is 1960. The zero-order valence-electron chi connectivity index (χ0n) is 31.8. The fourth-order valence-electron chi connectivity index (χ4n) is 7.82. The number of nitrogens with zero attached hydrogens (tertiary/aromatic N) is 2. The molecule has 2 aromatic carbocycles. The molecule has 56 heavy (non-hydrogen) atoms. The zero-order chi connectivity index (χ0) is 40.4. The summed E-state index contributed by atoms with van der Waals surface area (Å²) in [6.45, 7) is 4.98. The second kappa shape index (κ2) is 16.6. The fraction of sp³-hybridized carbons (Fsp3) is 0.564. The lowest BCUT2D eigenvalue weighted by atomic mass is 10.0. The van der Waals surface area contributed by atoms with Crippen molar-refractivity contribution in [2.75, 3.05) is 6.54 Å². The summed E-state index contributed by atoms with van der Waals surface area (Å²) in [6, 6.07) is 8.42. The van der Waals surface area contributed by atoms with E-state index < -0.39 is 80.8 Å². The Kier molecular flexibility index (Phi) is 12.2. The van der Waals surface area contributed by atoms with Crippen LogP contribution in [0.5, 0.6) is 0 Å². The van der Waals surface area contributed by atoms with Gasteiger partial charge in [-0.25, -0.2) is 22.4 Å². The molecule has 17 heteroatoms. The highest BCUT2D eigenvalue weighted by atomic mass is 35.5. The monoisotopic (exact) mass is 817 g/mol. The number of hydrogen-bond donors (Lipinski definition) is 3. The maximum atomic E-state index is 14.5. The third kappa shape index (κ3) is 9.92. The van der Waals surface area contributed by atoms with Gasteiger partial charge in [-0.3, -0.25) is 24.0 Å². The Balaban J connectivity index is 1.24. The Morgan fingerprint density at radius 2 is 1.70 bits per heavy atom. The average molecular weight is 818 g/mol. The molecule has 3 N–H and O–H groups in total. The molecule has 1 saturated carbocycles. The number of amides is 5. The second-order valence-corrected chi connectivity index (χ2v) is 18.4. The molecule has 304 valence electrons. The minimum absolute atomic E-state index is 0.0120. The summed E-state index contributed by atoms with van der Waals surface area (Å²) in [5.74, 6) is -3.51. The topological polar surface area (TPSA) is 181 Å². The van der Waals surface area contributed by atoms with E-state index in [1.165, 1.54) is 28.0 Å². The summed E-state index contributed by atoms with van der Waals surface area (Å²) in [6.07, 6.45) is 2.00. The molecule has 4 aliphatic rings. The lowest BCUT2D eigenvalue weighted by molar-refractivity contribution is -0.141. The maximum absolute atomic E-state index is 14.5. The largest absolute Gasteiger partial charge is 0.444 e. The van der Waals surface area contributed by atoms with Crippen molar-refractivity contribution in [1.29, 1.82) is 0 Å². The molecule has 0 bridgehead atoms. The standard InChI is InChI=1S/C39H49ClFN5O9S/c1-38(2,3)55-36(50)42-31-13-8-6-4-5-7-11-26-19-39(26,35(49)44-56(52,53)23-24-14-16-27(40)17-15-24)43-33(47)32-18-28(21-46(32)34(31)48)54-37(51)45-20-25-10-9-12-30(41)29(25)22-45/h9-10,12,14-17,26,28,31-32H,4-8,11,13,18-23H2,1-3H3,(H,42,50)(H,43,47)(H,44,49)/t26-,28+,31-,32-,39+/m0/s1. The van der Waals surface area contributed by atoms with Crippen LogP contribution in [0.4, 0.5) is 14.0 Å². The van der Waals surface area contributed by atoms with Gasteiger partial charge in [0.05, 0.1) is 18.8 Å². The highest BCUT2D eigenvalue weighted by Crippen LogP contribution is 2.48. The third-order valence-electron chi connectivity index (χ3n) is 10.7. The van der Waals surface area contributed by atoms with E-state index in [0.29, 0.717) is 34.6 Å². The average Bonchev–Trinajstić information content (AvgIpc) is 3.40. The third-order valence-corrected chi connectivity index (χ3v) is 12.2. The summed E-state index contributed by atoms with van der Waals surface area (Å²) in [7, 11) is -4.20. The number of nitrogens with one attached hydrogen (secondary N) is 3. The van der Waals surface area contributed by atoms with Crippen molar-refractivity contribution in [3.8, 4) is 0 Å². The van der Waals surface area contributed by atoms with E-state index in [-0.39, 0.29) is 44.8 Å². The van der Waals surface area contributed by atoms with Gasteiger partial charge in [0.2, 0.25) is 21.8 Å². The van der Waals surface area contributed by atoms with Gasteiger partial charge in [-0.15, -0.1) is 0 Å². The Morgan fingerprint density at radius 3 is 2.39 bits per heavy atom. The van der Waals surface area contributed by atoms with Crippen molar-refractivity contribution in [1.82, 2.24) is 25.2 Å². The lowest BCUT2D eigenvalue weighted by Crippen LogP contribution is -2.58. The van der Waals surface area contributed by atoms with Gasteiger partial charge < -0.3 is 25.0 Å². The van der Waals surface area contributed by atoms with Crippen LogP contribution in [-0.2, 0) is 52.7 Å². The van der Waals surface area contributed by atoms with Crippen molar-refractivity contribution >= 4 is 51.5 Å². The van der Waals surface area contributed by atoms with Crippen molar-refractivity contribution in [2.45, 2.75) is 127 Å². The molecule has 5 atom stereocenters. The molecule has 5 amide bonds. The molecule has 0 radical (unpaired) electrons. The molecular weight excluding hydrogens is 769 g/mol. The second-order valence-electron chi connectivity index (χ2n) is 16.2. The van der Waals surface area contributed by atoms with E-state index in [2.05, 4.69) is 15.4 Å². The SMILES string of the molecule is CC(C)(C)OC(=O)N[C@H]1CCCCCCC[C@H]2C[C@@]2(C(=O)NS(=O)(=O)Cc2ccc(Cl)cc2)NC(=O)[C@@H]2C[C@@H](OC(=O)N3Cc4cccc(F)c4C3)CN2C1=O. The van der Waals surface area contributed by atoms with Crippen LogP contribution >= 0.6 is 11.6 Å². The number of carbonyl (C=O) groups excluding carboxylic acids is 5. The summed E-state index contributed by atoms with van der Waals surface area (Å²) >= 11 is 5.95. The summed E-state index contributed by atoms with van der Waals surface area (Å²) in [4.78, 5) is 71.6. The summed E-state index contributed by atoms with van der Waals surface area (Å²) in [5, 5.41) is 5.93. The Hall–Kier alpha value is -4.44. The van der Waals surface area contributed by atoms with Crippen molar-refractivity contribution in [3.05, 3.63) is 70.0 Å². The predicted molar refractivity (Wildman–Crippen MR) is 203 cm³/mol. The molecule has 1 aliphatic carbocycles. The molecule has 3 aliphatic heterocycles. The predicted octanol–water partition coefficient (Wildman–Crippen LogP) is 5.06. The van der Waals surface area contributed by atoms with Gasteiger partial charge in [0, 0.05) is 23.6 Å². The molecule has 3 fully saturated rings. The maximum Gasteiger partial charge on any atom is 0.410 e. The molecule has 6 rings (SSSR count). The van der Waals surface area contributed by atoms with Crippen LogP contribution < -0.4 is 15.4 Å². The highest BCUT2D eigenvalue weighted by Gasteiger charge is 2.62. The van der Waals surface area contributed by atoms with E-state index in [9.17, 15) is 36.8 Å². The van der Waals surface area contributed by atoms with Gasteiger partial charge in [-0.2, -0.15) is 0 Å². The van der Waals surface area contributed by atoms with E-state index >= 15 is 0 Å². The summed E-state index contributed by atoms with van der Waals surface area (Å²) < 4.78 is 54.4. The van der Waals surface area contributed by atoms with E-state index in [1.54, 1.807) is 45.0 Å². The number of fused-ring (bicyclic) bond motifs is 3. The van der Waals surface area contributed by atoms with Crippen molar-refractivity contribution in [2.24, 2.45) is 5.92 Å². The minimum atomic E-state index is -4.20. The number of benzene rings is 2. The number of carbonyl (C=O) groups is 5. The van der Waals surface area contributed by atoms with E-state index in [4.69, 9.17) is 21.1 Å². The van der Waals surface area contributed by atoms with Crippen LogP contribution in [0.25, 0.3) is 0 Å². The van der Waals surface area contributed by atoms with Gasteiger partial charge in [-0.1, -0.05) is 68.0 Å². The highest BCUT2D eigenvalue weighted by molar-refractivity contribution is 7.89. The molecule has 3 heterocycles. The molecule has 2 aromatic rings. The first-order valence-corrected chi connectivity index (χ1v) is 21.1. The minimum Gasteiger partial charge on any atom is -0.444 e. The quantitative estimate of drug-likeness (QED) is 0.359. The lowest BCUT2D eigenvalue weighted by Gasteiger charge is -2.30. The normalized spacial score (nSPS) is 25.7. The Morgan fingerprint density at radius 1 is 1.00 bits per heavy atom. The molecule has 0 unspecified atom stereocenters. The number of ether oxygens (including phenoxy) is 2. The van der Waals surface area contributed by atoms with E-state index in [1.807, 2.05) is 0 Å². The zero-order valence-corrected chi connectivity index (χ0v) is 33.3. The summed E-state index contributed by atoms with van der Waals surface area (Å²) in [5.41, 5.74) is -0.980. The van der Waals surface area contributed by atoms with Gasteiger partial charge in [-0.05, 0) is 75.3 Å². The Labute approximate surface area is 331 Å². The number of halogens is 2.